The molecule has 0 aliphatic heterocycles. The fourth-order valence-electron chi connectivity index (χ4n) is 10.6. The maximum Gasteiger partial charge on any atom is 0.160 e. The van der Waals surface area contributed by atoms with Crippen LogP contribution in [0.3, 0.4) is 0 Å². The van der Waals surface area contributed by atoms with Crippen LogP contribution in [0.5, 0.6) is 0 Å². The Kier molecular flexibility index (Phi) is 9.82. The summed E-state index contributed by atoms with van der Waals surface area (Å²) in [5.41, 5.74) is 21.4. The van der Waals surface area contributed by atoms with Gasteiger partial charge in [0.1, 0.15) is 0 Å². The summed E-state index contributed by atoms with van der Waals surface area (Å²) in [6.45, 7) is 13.9. The first-order chi connectivity index (χ1) is 33.4. The zero-order valence-electron chi connectivity index (χ0n) is 39.9. The van der Waals surface area contributed by atoms with Gasteiger partial charge in [0.15, 0.2) is 11.6 Å². The van der Waals surface area contributed by atoms with Gasteiger partial charge in [-0.25, -0.2) is 19.9 Å². The molecule has 0 saturated carbocycles. The van der Waals surface area contributed by atoms with Gasteiger partial charge in [0.05, 0.1) is 28.2 Å². The molecule has 0 unspecified atom stereocenters. The zero-order valence-corrected chi connectivity index (χ0v) is 39.9. The van der Waals surface area contributed by atoms with E-state index in [2.05, 4.69) is 248 Å². The summed E-state index contributed by atoms with van der Waals surface area (Å²) >= 11 is 0. The molecule has 69 heavy (non-hydrogen) atoms. The van der Waals surface area contributed by atoms with E-state index in [9.17, 15) is 0 Å². The fraction of sp³-hybridized carbons (Fsp3) is 0.138. The molecule has 2 aromatic heterocycles. The van der Waals surface area contributed by atoms with Crippen molar-refractivity contribution in [1.82, 2.24) is 19.9 Å². The summed E-state index contributed by atoms with van der Waals surface area (Å²) in [6.07, 6.45) is 0. The predicted molar refractivity (Wildman–Crippen MR) is 284 cm³/mol. The Morgan fingerprint density at radius 3 is 0.841 bits per heavy atom. The van der Waals surface area contributed by atoms with E-state index in [1.165, 1.54) is 55.6 Å². The Bertz CT molecular complexity index is 3250. The lowest BCUT2D eigenvalue weighted by Crippen LogP contribution is -2.27. The molecular weight excluding hydrogens is 837 g/mol. The van der Waals surface area contributed by atoms with Crippen LogP contribution in [0.1, 0.15) is 74.9 Å². The minimum Gasteiger partial charge on any atom is -0.228 e. The molecule has 10 aromatic rings. The molecule has 2 aliphatic carbocycles. The number of hydrogen-bond donors (Lipinski definition) is 0. The molecule has 0 N–H and O–H groups in total. The van der Waals surface area contributed by atoms with E-state index >= 15 is 0 Å². The van der Waals surface area contributed by atoms with Crippen molar-refractivity contribution < 1.29 is 0 Å². The highest BCUT2D eigenvalue weighted by molar-refractivity contribution is 5.97. The summed E-state index contributed by atoms with van der Waals surface area (Å²) in [5, 5.41) is 0. The normalized spacial score (nSPS) is 13.2. The van der Waals surface area contributed by atoms with Crippen LogP contribution in [0, 0.1) is 0 Å². The first-order valence-corrected chi connectivity index (χ1v) is 24.0. The molecular formula is C65H52N4. The van der Waals surface area contributed by atoms with Gasteiger partial charge in [-0.05, 0) is 90.7 Å². The van der Waals surface area contributed by atoms with Crippen LogP contribution in [0.2, 0.25) is 0 Å². The summed E-state index contributed by atoms with van der Waals surface area (Å²) in [7, 11) is 0. The fourth-order valence-corrected chi connectivity index (χ4v) is 10.6. The topological polar surface area (TPSA) is 51.6 Å². The van der Waals surface area contributed by atoms with Crippen molar-refractivity contribution in [3.05, 3.63) is 240 Å². The van der Waals surface area contributed by atoms with Crippen molar-refractivity contribution >= 4 is 0 Å². The van der Waals surface area contributed by atoms with E-state index in [1.807, 2.05) is 0 Å². The summed E-state index contributed by atoms with van der Waals surface area (Å²) in [4.78, 5) is 21.5. The average Bonchev–Trinajstić information content (AvgIpc) is 3.85. The maximum absolute atomic E-state index is 5.36. The quantitative estimate of drug-likeness (QED) is 0.167. The Hall–Kier alpha value is -8.08. The molecule has 0 saturated heterocycles. The molecule has 0 amide bonds. The standard InChI is InChI=1S/C65H52N4/c1-63(2,3)47-29-33-51-52-34-30-48(64(4,5)6)38-56(52)65(55(51)37-47)53-35-45(61-66-57(41-19-11-7-12-20-41)39-58(67-61)42-21-13-8-14-22-42)27-31-49(53)50-32-28-46(36-54(50)65)62-68-59(43-23-15-9-16-24-43)40-60(69-62)44-25-17-10-18-26-44/h7-40H,1-6H3. The minimum atomic E-state index is -0.692. The molecule has 2 heterocycles. The van der Waals surface area contributed by atoms with E-state index in [4.69, 9.17) is 19.9 Å². The first kappa shape index (κ1) is 42.3. The number of nitrogens with zero attached hydrogens (tertiary/aromatic N) is 4. The van der Waals surface area contributed by atoms with Crippen molar-refractivity contribution in [3.63, 3.8) is 0 Å². The van der Waals surface area contributed by atoms with E-state index in [0.717, 1.165) is 56.2 Å². The van der Waals surface area contributed by atoms with Crippen LogP contribution in [0.25, 0.3) is 90.1 Å². The summed E-state index contributed by atoms with van der Waals surface area (Å²) in [5.74, 6) is 1.38. The third-order valence-electron chi connectivity index (χ3n) is 14.3. The van der Waals surface area contributed by atoms with E-state index in [1.54, 1.807) is 0 Å². The summed E-state index contributed by atoms with van der Waals surface area (Å²) in [6, 6.07) is 74.3. The van der Waals surface area contributed by atoms with Crippen LogP contribution >= 0.6 is 0 Å². The van der Waals surface area contributed by atoms with Gasteiger partial charge in [0.25, 0.3) is 0 Å². The lowest BCUT2D eigenvalue weighted by Gasteiger charge is -2.33. The van der Waals surface area contributed by atoms with Crippen LogP contribution in [0.4, 0.5) is 0 Å². The largest absolute Gasteiger partial charge is 0.228 e. The van der Waals surface area contributed by atoms with Gasteiger partial charge in [-0.2, -0.15) is 0 Å². The van der Waals surface area contributed by atoms with Crippen molar-refractivity contribution in [2.24, 2.45) is 0 Å². The second kappa shape index (κ2) is 16.0. The highest BCUT2D eigenvalue weighted by atomic mass is 14.9. The molecule has 0 atom stereocenters. The van der Waals surface area contributed by atoms with Crippen LogP contribution < -0.4 is 0 Å². The lowest BCUT2D eigenvalue weighted by atomic mass is 9.68. The molecule has 4 heteroatoms. The van der Waals surface area contributed by atoms with Gasteiger partial charge < -0.3 is 0 Å². The Morgan fingerprint density at radius 2 is 0.551 bits per heavy atom. The second-order valence-electron chi connectivity index (χ2n) is 20.7. The Morgan fingerprint density at radius 1 is 0.275 bits per heavy atom. The van der Waals surface area contributed by atoms with E-state index in [0.29, 0.717) is 11.6 Å². The summed E-state index contributed by atoms with van der Waals surface area (Å²) < 4.78 is 0. The minimum absolute atomic E-state index is 0.0887. The molecule has 332 valence electrons. The zero-order chi connectivity index (χ0) is 47.1. The number of hydrogen-bond acceptors (Lipinski definition) is 4. The third kappa shape index (κ3) is 7.13. The highest BCUT2D eigenvalue weighted by Gasteiger charge is 2.52. The second-order valence-corrected chi connectivity index (χ2v) is 20.7. The number of rotatable bonds is 6. The van der Waals surface area contributed by atoms with Crippen molar-refractivity contribution in [2.45, 2.75) is 57.8 Å². The van der Waals surface area contributed by atoms with Crippen LogP contribution in [-0.2, 0) is 16.2 Å². The molecule has 2 aliphatic rings. The van der Waals surface area contributed by atoms with Crippen molar-refractivity contribution in [1.29, 1.82) is 0 Å². The Balaban J connectivity index is 1.15. The van der Waals surface area contributed by atoms with Crippen molar-refractivity contribution in [3.8, 4) is 90.1 Å². The average molecular weight is 889 g/mol. The lowest BCUT2D eigenvalue weighted by molar-refractivity contribution is 0.586. The van der Waals surface area contributed by atoms with Gasteiger partial charge in [-0.3, -0.25) is 0 Å². The van der Waals surface area contributed by atoms with Gasteiger partial charge in [0, 0.05) is 33.4 Å². The molecule has 0 bridgehead atoms. The molecule has 0 fully saturated rings. The third-order valence-corrected chi connectivity index (χ3v) is 14.3. The van der Waals surface area contributed by atoms with Gasteiger partial charge in [0.2, 0.25) is 0 Å². The molecule has 12 rings (SSSR count). The highest BCUT2D eigenvalue weighted by Crippen LogP contribution is 2.64. The predicted octanol–water partition coefficient (Wildman–Crippen LogP) is 16.2. The Labute approximate surface area is 405 Å². The van der Waals surface area contributed by atoms with Gasteiger partial charge in [-0.1, -0.05) is 224 Å². The van der Waals surface area contributed by atoms with Crippen LogP contribution in [0.15, 0.2) is 206 Å². The monoisotopic (exact) mass is 888 g/mol. The van der Waals surface area contributed by atoms with Crippen LogP contribution in [-0.4, -0.2) is 19.9 Å². The molecule has 8 aromatic carbocycles. The van der Waals surface area contributed by atoms with E-state index in [-0.39, 0.29) is 10.8 Å². The smallest absolute Gasteiger partial charge is 0.160 e. The first-order valence-electron chi connectivity index (χ1n) is 24.0. The molecule has 4 nitrogen and oxygen atoms in total. The van der Waals surface area contributed by atoms with Gasteiger partial charge >= 0.3 is 0 Å². The number of benzene rings is 8. The SMILES string of the molecule is CC(C)(C)c1ccc2c(c1)C1(c3cc(-c4nc(-c5ccccc5)cc(-c5ccccc5)n4)ccc3-c3ccc(-c4nc(-c5ccccc5)cc(-c5ccccc5)n4)cc31)c1cc(C(C)(C)C)ccc1-2. The van der Waals surface area contributed by atoms with E-state index < -0.39 is 5.41 Å². The van der Waals surface area contributed by atoms with Gasteiger partial charge in [-0.15, -0.1) is 0 Å². The number of fused-ring (bicyclic) bond motifs is 10. The maximum atomic E-state index is 5.36. The molecule has 0 radical (unpaired) electrons. The van der Waals surface area contributed by atoms with Crippen molar-refractivity contribution in [2.75, 3.05) is 0 Å². The number of aromatic nitrogens is 4. The molecule has 1 spiro atoms.